The van der Waals surface area contributed by atoms with Crippen molar-refractivity contribution >= 4 is 32.3 Å². The predicted octanol–water partition coefficient (Wildman–Crippen LogP) is 8.48. The van der Waals surface area contributed by atoms with Crippen LogP contribution < -0.4 is 0 Å². The van der Waals surface area contributed by atoms with Gasteiger partial charge < -0.3 is 0 Å². The maximum absolute atomic E-state index is 2.38. The van der Waals surface area contributed by atoms with Crippen LogP contribution in [-0.2, 0) is 0 Å². The predicted molar refractivity (Wildman–Crippen MR) is 130 cm³/mol. The van der Waals surface area contributed by atoms with Crippen LogP contribution in [0.4, 0.5) is 0 Å². The van der Waals surface area contributed by atoms with Gasteiger partial charge in [-0.05, 0) is 66.7 Å². The lowest BCUT2D eigenvalue weighted by Gasteiger charge is -2.12. The lowest BCUT2D eigenvalue weighted by atomic mass is 9.91. The fraction of sp³-hybridized carbons (Fsp3) is 0. The van der Waals surface area contributed by atoms with Gasteiger partial charge in [0.05, 0.1) is 0 Å². The third kappa shape index (κ3) is 2.69. The fourth-order valence-corrected chi connectivity index (χ4v) is 4.61. The highest BCUT2D eigenvalue weighted by molar-refractivity contribution is 6.16. The second kappa shape index (κ2) is 6.86. The zero-order chi connectivity index (χ0) is 19.9. The molecule has 0 heteroatoms. The Balaban J connectivity index is 1.69. The maximum atomic E-state index is 2.38. The van der Waals surface area contributed by atoms with Crippen molar-refractivity contribution in [3.8, 4) is 22.3 Å². The van der Waals surface area contributed by atoms with E-state index in [2.05, 4.69) is 121 Å². The van der Waals surface area contributed by atoms with Gasteiger partial charge in [-0.15, -0.1) is 0 Å². The van der Waals surface area contributed by atoms with Gasteiger partial charge in [-0.25, -0.2) is 0 Å². The first-order valence-electron chi connectivity index (χ1n) is 10.4. The van der Waals surface area contributed by atoms with Crippen molar-refractivity contribution in [1.82, 2.24) is 0 Å². The molecule has 0 spiro atoms. The molecule has 0 unspecified atom stereocenters. The van der Waals surface area contributed by atoms with Gasteiger partial charge in [0.15, 0.2) is 0 Å². The molecule has 0 heterocycles. The van der Waals surface area contributed by atoms with Crippen molar-refractivity contribution < 1.29 is 0 Å². The van der Waals surface area contributed by atoms with E-state index in [1.54, 1.807) is 0 Å². The highest BCUT2D eigenvalue weighted by atomic mass is 14.1. The average molecular weight is 380 g/mol. The Labute approximate surface area is 176 Å². The van der Waals surface area contributed by atoms with E-state index in [4.69, 9.17) is 0 Å². The van der Waals surface area contributed by atoms with Crippen molar-refractivity contribution in [2.45, 2.75) is 0 Å². The summed E-state index contributed by atoms with van der Waals surface area (Å²) in [4.78, 5) is 0. The highest BCUT2D eigenvalue weighted by Crippen LogP contribution is 2.37. The average Bonchev–Trinajstić information content (AvgIpc) is 2.83. The Kier molecular flexibility index (Phi) is 3.89. The van der Waals surface area contributed by atoms with Gasteiger partial charge in [0, 0.05) is 0 Å². The van der Waals surface area contributed by atoms with Crippen LogP contribution in [0.25, 0.3) is 54.6 Å². The quantitative estimate of drug-likeness (QED) is 0.209. The van der Waals surface area contributed by atoms with E-state index in [-0.39, 0.29) is 0 Å². The first kappa shape index (κ1) is 17.0. The molecule has 30 heavy (non-hydrogen) atoms. The fourth-order valence-electron chi connectivity index (χ4n) is 4.61. The number of hydrogen-bond donors (Lipinski definition) is 0. The molecule has 0 atom stereocenters. The first-order chi connectivity index (χ1) is 14.9. The van der Waals surface area contributed by atoms with Gasteiger partial charge in [0.25, 0.3) is 0 Å². The molecule has 6 rings (SSSR count). The number of rotatable bonds is 2. The molecule has 0 aromatic heterocycles. The summed E-state index contributed by atoms with van der Waals surface area (Å²) >= 11 is 0. The minimum Gasteiger partial charge on any atom is -0.0622 e. The van der Waals surface area contributed by atoms with Crippen LogP contribution in [0.2, 0.25) is 0 Å². The SMILES string of the molecule is c1ccc(-c2cccc3cc4ccc5c(-c6ccccc6)cccc5c4cc23)cc1. The molecule has 0 aliphatic carbocycles. The Hall–Kier alpha value is -3.90. The first-order valence-corrected chi connectivity index (χ1v) is 10.4. The standard InChI is InChI=1S/C30H20/c1-3-9-21(10-4-1)25-15-8-16-27-28(25)18-17-24-19-23-13-7-14-26(29(23)20-30(24)27)22-11-5-2-6-12-22/h1-20H. The summed E-state index contributed by atoms with van der Waals surface area (Å²) < 4.78 is 0. The summed E-state index contributed by atoms with van der Waals surface area (Å²) in [6.07, 6.45) is 0. The second-order valence-electron chi connectivity index (χ2n) is 7.80. The van der Waals surface area contributed by atoms with E-state index in [0.29, 0.717) is 0 Å². The summed E-state index contributed by atoms with van der Waals surface area (Å²) in [6.45, 7) is 0. The Bertz CT molecular complexity index is 1510. The van der Waals surface area contributed by atoms with E-state index in [0.717, 1.165) is 0 Å². The Morgan fingerprint density at radius 3 is 1.60 bits per heavy atom. The number of fused-ring (bicyclic) bond motifs is 4. The molecule has 0 aliphatic heterocycles. The topological polar surface area (TPSA) is 0 Å². The Morgan fingerprint density at radius 2 is 0.900 bits per heavy atom. The molecule has 140 valence electrons. The van der Waals surface area contributed by atoms with E-state index < -0.39 is 0 Å². The van der Waals surface area contributed by atoms with Crippen molar-refractivity contribution in [2.75, 3.05) is 0 Å². The molecule has 0 saturated heterocycles. The molecule has 6 aromatic rings. The zero-order valence-electron chi connectivity index (χ0n) is 16.5. The summed E-state index contributed by atoms with van der Waals surface area (Å²) in [5.41, 5.74) is 5.08. The zero-order valence-corrected chi connectivity index (χ0v) is 16.5. The van der Waals surface area contributed by atoms with Crippen LogP contribution in [-0.4, -0.2) is 0 Å². The van der Waals surface area contributed by atoms with Gasteiger partial charge >= 0.3 is 0 Å². The highest BCUT2D eigenvalue weighted by Gasteiger charge is 2.10. The molecule has 0 saturated carbocycles. The Morgan fingerprint density at radius 1 is 0.300 bits per heavy atom. The molecule has 6 aromatic carbocycles. The second-order valence-corrected chi connectivity index (χ2v) is 7.80. The molecule has 0 amide bonds. The summed E-state index contributed by atoms with van der Waals surface area (Å²) in [6, 6.07) is 43.8. The minimum atomic E-state index is 1.26. The largest absolute Gasteiger partial charge is 0.0622 e. The molecule has 0 aliphatic rings. The van der Waals surface area contributed by atoms with Gasteiger partial charge in [0.2, 0.25) is 0 Å². The van der Waals surface area contributed by atoms with E-state index >= 15 is 0 Å². The smallest absolute Gasteiger partial charge is 0.00986 e. The van der Waals surface area contributed by atoms with Crippen LogP contribution in [0.15, 0.2) is 121 Å². The summed E-state index contributed by atoms with van der Waals surface area (Å²) in [7, 11) is 0. The number of benzene rings is 6. The molecule has 0 nitrogen and oxygen atoms in total. The monoisotopic (exact) mass is 380 g/mol. The lowest BCUT2D eigenvalue weighted by Crippen LogP contribution is -1.86. The molecular formula is C30H20. The van der Waals surface area contributed by atoms with E-state index in [1.165, 1.54) is 54.6 Å². The van der Waals surface area contributed by atoms with E-state index in [9.17, 15) is 0 Å². The van der Waals surface area contributed by atoms with Crippen LogP contribution >= 0.6 is 0 Å². The van der Waals surface area contributed by atoms with E-state index in [1.807, 2.05) is 0 Å². The van der Waals surface area contributed by atoms with Crippen molar-refractivity contribution in [3.63, 3.8) is 0 Å². The molecule has 0 fully saturated rings. The summed E-state index contributed by atoms with van der Waals surface area (Å²) in [5.74, 6) is 0. The van der Waals surface area contributed by atoms with Crippen LogP contribution in [0.5, 0.6) is 0 Å². The van der Waals surface area contributed by atoms with Crippen molar-refractivity contribution in [2.24, 2.45) is 0 Å². The van der Waals surface area contributed by atoms with Crippen molar-refractivity contribution in [1.29, 1.82) is 0 Å². The van der Waals surface area contributed by atoms with Crippen LogP contribution in [0.1, 0.15) is 0 Å². The summed E-state index contributed by atoms with van der Waals surface area (Å²) in [5, 5.41) is 7.77. The number of hydrogen-bond acceptors (Lipinski definition) is 0. The molecule has 0 radical (unpaired) electrons. The maximum Gasteiger partial charge on any atom is -0.00986 e. The van der Waals surface area contributed by atoms with Crippen LogP contribution in [0, 0.1) is 0 Å². The third-order valence-electron chi connectivity index (χ3n) is 6.05. The minimum absolute atomic E-state index is 1.26. The van der Waals surface area contributed by atoms with Crippen molar-refractivity contribution in [3.05, 3.63) is 121 Å². The third-order valence-corrected chi connectivity index (χ3v) is 6.05. The van der Waals surface area contributed by atoms with Gasteiger partial charge in [-0.1, -0.05) is 109 Å². The lowest BCUT2D eigenvalue weighted by molar-refractivity contribution is 1.65. The van der Waals surface area contributed by atoms with Crippen LogP contribution in [0.3, 0.4) is 0 Å². The van der Waals surface area contributed by atoms with Gasteiger partial charge in [-0.3, -0.25) is 0 Å². The normalized spacial score (nSPS) is 11.3. The molecule has 0 N–H and O–H groups in total. The van der Waals surface area contributed by atoms with Gasteiger partial charge in [0.1, 0.15) is 0 Å². The van der Waals surface area contributed by atoms with Gasteiger partial charge in [-0.2, -0.15) is 0 Å². The molecular weight excluding hydrogens is 360 g/mol. The molecule has 0 bridgehead atoms.